The molecule has 0 aliphatic carbocycles. The van der Waals surface area contributed by atoms with Crippen molar-refractivity contribution in [1.29, 1.82) is 0 Å². The topological polar surface area (TPSA) is 78.5 Å². The zero-order chi connectivity index (χ0) is 20.3. The van der Waals surface area contributed by atoms with Crippen LogP contribution in [0.1, 0.15) is 52.0 Å². The van der Waals surface area contributed by atoms with Gasteiger partial charge in [-0.25, -0.2) is 0 Å². The van der Waals surface area contributed by atoms with Gasteiger partial charge in [0.05, 0.1) is 12.5 Å². The van der Waals surface area contributed by atoms with E-state index in [1.54, 1.807) is 12.3 Å². The van der Waals surface area contributed by atoms with Crippen LogP contribution in [0.3, 0.4) is 0 Å². The number of benzene rings is 2. The van der Waals surface area contributed by atoms with Gasteiger partial charge >= 0.3 is 0 Å². The molecule has 6 heteroatoms. The number of amides is 3. The van der Waals surface area contributed by atoms with E-state index in [1.165, 1.54) is 11.8 Å². The first-order valence-electron chi connectivity index (χ1n) is 9.09. The van der Waals surface area contributed by atoms with Gasteiger partial charge in [-0.1, -0.05) is 42.0 Å². The molecule has 0 fully saturated rings. The summed E-state index contributed by atoms with van der Waals surface area (Å²) in [5.41, 5.74) is 9.18. The van der Waals surface area contributed by atoms with E-state index < -0.39 is 6.04 Å². The van der Waals surface area contributed by atoms with Crippen LogP contribution in [0.4, 0.5) is 0 Å². The molecule has 144 valence electrons. The van der Waals surface area contributed by atoms with E-state index in [1.807, 2.05) is 56.3 Å². The van der Waals surface area contributed by atoms with Crippen molar-refractivity contribution < 1.29 is 14.4 Å². The Morgan fingerprint density at radius 2 is 1.79 bits per heavy atom. The average molecular weight is 377 g/mol. The van der Waals surface area contributed by atoms with Gasteiger partial charge in [0.25, 0.3) is 5.91 Å². The van der Waals surface area contributed by atoms with Gasteiger partial charge in [-0.3, -0.25) is 25.2 Å². The molecule has 3 amide bonds. The highest BCUT2D eigenvalue weighted by Gasteiger charge is 2.28. The van der Waals surface area contributed by atoms with E-state index >= 15 is 0 Å². The first-order chi connectivity index (χ1) is 13.4. The Balaban J connectivity index is 1.68. The van der Waals surface area contributed by atoms with Crippen molar-refractivity contribution in [2.24, 2.45) is 0 Å². The molecule has 0 radical (unpaired) electrons. The quantitative estimate of drug-likeness (QED) is 0.807. The van der Waals surface area contributed by atoms with Crippen LogP contribution in [0, 0.1) is 13.8 Å². The maximum absolute atomic E-state index is 12.5. The average Bonchev–Trinajstić information content (AvgIpc) is 2.66. The van der Waals surface area contributed by atoms with Gasteiger partial charge in [-0.15, -0.1) is 0 Å². The van der Waals surface area contributed by atoms with Crippen molar-refractivity contribution in [1.82, 2.24) is 15.8 Å². The van der Waals surface area contributed by atoms with Crippen molar-refractivity contribution in [2.45, 2.75) is 33.2 Å². The molecule has 0 saturated carbocycles. The Labute approximate surface area is 164 Å². The highest BCUT2D eigenvalue weighted by atomic mass is 16.2. The number of hydrazine groups is 1. The molecular weight excluding hydrogens is 354 g/mol. The molecule has 28 heavy (non-hydrogen) atoms. The fourth-order valence-corrected chi connectivity index (χ4v) is 3.40. The van der Waals surface area contributed by atoms with E-state index in [2.05, 4.69) is 10.9 Å². The van der Waals surface area contributed by atoms with Crippen LogP contribution in [0.15, 0.2) is 48.7 Å². The summed E-state index contributed by atoms with van der Waals surface area (Å²) in [7, 11) is 0. The molecule has 1 atom stereocenters. The molecule has 2 N–H and O–H groups in total. The minimum Gasteiger partial charge on any atom is -0.311 e. The molecule has 2 aromatic carbocycles. The fourth-order valence-electron chi connectivity index (χ4n) is 3.40. The molecule has 0 aromatic heterocycles. The highest BCUT2D eigenvalue weighted by Crippen LogP contribution is 2.32. The molecule has 0 unspecified atom stereocenters. The minimum atomic E-state index is -0.420. The van der Waals surface area contributed by atoms with Crippen LogP contribution < -0.4 is 10.9 Å². The Bertz CT molecular complexity index is 965. The molecule has 0 bridgehead atoms. The first kappa shape index (κ1) is 19.4. The number of nitrogens with one attached hydrogen (secondary N) is 2. The number of rotatable bonds is 3. The molecule has 2 aromatic rings. The lowest BCUT2D eigenvalue weighted by Crippen LogP contribution is -2.44. The Kier molecular flexibility index (Phi) is 5.59. The van der Waals surface area contributed by atoms with Crippen molar-refractivity contribution in [3.8, 4) is 0 Å². The lowest BCUT2D eigenvalue weighted by atomic mass is 9.93. The summed E-state index contributed by atoms with van der Waals surface area (Å²) in [5, 5.41) is 0. The maximum Gasteiger partial charge on any atom is 0.269 e. The SMILES string of the molecule is CC(=O)N1C=Cc2ccccc2[C@@H]1CC(=O)NNC(=O)c1ccc(C)cc1C. The van der Waals surface area contributed by atoms with E-state index in [9.17, 15) is 14.4 Å². The molecule has 1 aliphatic rings. The first-order valence-corrected chi connectivity index (χ1v) is 9.09. The zero-order valence-electron chi connectivity index (χ0n) is 16.2. The molecule has 6 nitrogen and oxygen atoms in total. The summed E-state index contributed by atoms with van der Waals surface area (Å²) >= 11 is 0. The molecule has 1 heterocycles. The van der Waals surface area contributed by atoms with Gasteiger partial charge in [-0.2, -0.15) is 0 Å². The Morgan fingerprint density at radius 3 is 2.50 bits per heavy atom. The van der Waals surface area contributed by atoms with Gasteiger partial charge in [0.1, 0.15) is 0 Å². The summed E-state index contributed by atoms with van der Waals surface area (Å²) in [4.78, 5) is 38.3. The number of carbonyl (C=O) groups excluding carboxylic acids is 3. The fraction of sp³-hybridized carbons (Fsp3) is 0.227. The van der Waals surface area contributed by atoms with E-state index in [-0.39, 0.29) is 24.1 Å². The van der Waals surface area contributed by atoms with Crippen molar-refractivity contribution in [3.63, 3.8) is 0 Å². The second-order valence-corrected chi connectivity index (χ2v) is 6.91. The van der Waals surface area contributed by atoms with Gasteiger partial charge in [-0.05, 0) is 42.7 Å². The van der Waals surface area contributed by atoms with Crippen molar-refractivity contribution >= 4 is 23.8 Å². The lowest BCUT2D eigenvalue weighted by Gasteiger charge is -2.32. The van der Waals surface area contributed by atoms with Crippen molar-refractivity contribution in [3.05, 3.63) is 76.5 Å². The monoisotopic (exact) mass is 377 g/mol. The number of aryl methyl sites for hydroxylation is 2. The number of hydrogen-bond donors (Lipinski definition) is 2. The zero-order valence-corrected chi connectivity index (χ0v) is 16.2. The second-order valence-electron chi connectivity index (χ2n) is 6.91. The maximum atomic E-state index is 12.5. The van der Waals surface area contributed by atoms with Gasteiger partial charge in [0.15, 0.2) is 0 Å². The molecule has 3 rings (SSSR count). The number of carbonyl (C=O) groups is 3. The van der Waals surface area contributed by atoms with Crippen LogP contribution >= 0.6 is 0 Å². The molecular formula is C22H23N3O3. The number of hydrogen-bond acceptors (Lipinski definition) is 3. The van der Waals surface area contributed by atoms with E-state index in [4.69, 9.17) is 0 Å². The Morgan fingerprint density at radius 1 is 1.04 bits per heavy atom. The third kappa shape index (κ3) is 4.11. The largest absolute Gasteiger partial charge is 0.311 e. The van der Waals surface area contributed by atoms with E-state index in [0.717, 1.165) is 22.3 Å². The normalized spacial score (nSPS) is 15.0. The lowest BCUT2D eigenvalue weighted by molar-refractivity contribution is -0.130. The second kappa shape index (κ2) is 8.08. The van der Waals surface area contributed by atoms with Crippen LogP contribution in [0.5, 0.6) is 0 Å². The summed E-state index contributed by atoms with van der Waals surface area (Å²) in [6.45, 7) is 5.26. The van der Waals surface area contributed by atoms with Crippen molar-refractivity contribution in [2.75, 3.05) is 0 Å². The van der Waals surface area contributed by atoms with Gasteiger partial charge in [0, 0.05) is 18.7 Å². The highest BCUT2D eigenvalue weighted by molar-refractivity contribution is 5.96. The van der Waals surface area contributed by atoms with Crippen LogP contribution in [0.2, 0.25) is 0 Å². The van der Waals surface area contributed by atoms with E-state index in [0.29, 0.717) is 5.56 Å². The summed E-state index contributed by atoms with van der Waals surface area (Å²) in [6, 6.07) is 12.7. The summed E-state index contributed by atoms with van der Waals surface area (Å²) in [5.74, 6) is -0.902. The predicted molar refractivity (Wildman–Crippen MR) is 107 cm³/mol. The summed E-state index contributed by atoms with van der Waals surface area (Å²) < 4.78 is 0. The Hall–Kier alpha value is -3.41. The van der Waals surface area contributed by atoms with Gasteiger partial charge < -0.3 is 4.90 Å². The third-order valence-electron chi connectivity index (χ3n) is 4.79. The molecule has 0 spiro atoms. The predicted octanol–water partition coefficient (Wildman–Crippen LogP) is 3.03. The third-order valence-corrected chi connectivity index (χ3v) is 4.79. The molecule has 0 saturated heterocycles. The van der Waals surface area contributed by atoms with Crippen LogP contribution in [0.25, 0.3) is 6.08 Å². The van der Waals surface area contributed by atoms with Gasteiger partial charge in [0.2, 0.25) is 11.8 Å². The number of nitrogens with zero attached hydrogens (tertiary/aromatic N) is 1. The molecule has 1 aliphatic heterocycles. The smallest absolute Gasteiger partial charge is 0.269 e. The minimum absolute atomic E-state index is 0.0358. The summed E-state index contributed by atoms with van der Waals surface area (Å²) in [6.07, 6.45) is 3.58. The van der Waals surface area contributed by atoms with Crippen LogP contribution in [-0.2, 0) is 9.59 Å². The standard InChI is InChI=1S/C22H23N3O3/c1-14-8-9-18(15(2)12-14)22(28)24-23-21(27)13-20-19-7-5-4-6-17(19)10-11-25(20)16(3)26/h4-12,20H,13H2,1-3H3,(H,23,27)(H,24,28)/t20-/m0/s1. The number of fused-ring (bicyclic) bond motifs is 1. The van der Waals surface area contributed by atoms with Crippen LogP contribution in [-0.4, -0.2) is 22.6 Å².